The van der Waals surface area contributed by atoms with Crippen molar-refractivity contribution in [2.75, 3.05) is 5.75 Å². The van der Waals surface area contributed by atoms with E-state index in [1.807, 2.05) is 0 Å². The summed E-state index contributed by atoms with van der Waals surface area (Å²) in [4.78, 5) is 3.77. The van der Waals surface area contributed by atoms with Gasteiger partial charge in [0.2, 0.25) is 11.7 Å². The highest BCUT2D eigenvalue weighted by molar-refractivity contribution is 7.91. The third-order valence-corrected chi connectivity index (χ3v) is 5.50. The molecule has 24 heavy (non-hydrogen) atoms. The summed E-state index contributed by atoms with van der Waals surface area (Å²) in [6, 6.07) is 5.81. The number of hydrogen-bond donors (Lipinski definition) is 0. The number of hydrogen-bond acceptors (Lipinski definition) is 4. The van der Waals surface area contributed by atoms with Gasteiger partial charge >= 0.3 is 0 Å². The van der Waals surface area contributed by atoms with Crippen LogP contribution in [0.1, 0.15) is 12.5 Å². The van der Waals surface area contributed by atoms with Gasteiger partial charge in [0.05, 0.1) is 16.2 Å². The first-order valence-electron chi connectivity index (χ1n) is 7.03. The third kappa shape index (κ3) is 2.37. The second kappa shape index (κ2) is 5.62. The fourth-order valence-corrected chi connectivity index (χ4v) is 3.43. The van der Waals surface area contributed by atoms with Gasteiger partial charge < -0.3 is 4.42 Å². The Labute approximate surface area is 135 Å². The van der Waals surface area contributed by atoms with Crippen molar-refractivity contribution in [2.45, 2.75) is 18.7 Å². The summed E-state index contributed by atoms with van der Waals surface area (Å²) in [5, 5.41) is 0. The molecule has 1 heterocycles. The predicted octanol–water partition coefficient (Wildman–Crippen LogP) is 4.01. The van der Waals surface area contributed by atoms with E-state index in [0.29, 0.717) is 0 Å². The van der Waals surface area contributed by atoms with E-state index < -0.39 is 44.0 Å². The number of rotatable bonds is 3. The molecule has 0 spiro atoms. The minimum atomic E-state index is -3.61. The van der Waals surface area contributed by atoms with Crippen molar-refractivity contribution >= 4 is 20.9 Å². The van der Waals surface area contributed by atoms with Gasteiger partial charge in [-0.1, -0.05) is 19.1 Å². The second-order valence-corrected chi connectivity index (χ2v) is 7.41. The molecule has 0 saturated heterocycles. The van der Waals surface area contributed by atoms with Crippen LogP contribution in [0.25, 0.3) is 22.6 Å². The standard InChI is InChI=1S/C16H12F3NO3S/c1-3-24(21,22)10-7-5-4-6-9(10)16-20-14-12(18)8(2)11(17)13(19)15(14)23-16/h4-7H,3H2,1-2H3. The lowest BCUT2D eigenvalue weighted by Crippen LogP contribution is -2.05. The van der Waals surface area contributed by atoms with Crippen LogP contribution in [-0.2, 0) is 9.84 Å². The number of nitrogens with zero attached hydrogens (tertiary/aromatic N) is 1. The molecule has 3 aromatic rings. The Morgan fingerprint density at radius 2 is 1.75 bits per heavy atom. The molecule has 0 amide bonds. The maximum atomic E-state index is 14.1. The summed E-state index contributed by atoms with van der Waals surface area (Å²) in [7, 11) is -3.61. The molecule has 0 aliphatic heterocycles. The molecule has 126 valence electrons. The van der Waals surface area contributed by atoms with Crippen LogP contribution < -0.4 is 0 Å². The topological polar surface area (TPSA) is 60.2 Å². The van der Waals surface area contributed by atoms with Gasteiger partial charge in [0.25, 0.3) is 0 Å². The first kappa shape index (κ1) is 16.5. The highest BCUT2D eigenvalue weighted by Gasteiger charge is 2.25. The van der Waals surface area contributed by atoms with Crippen molar-refractivity contribution in [1.82, 2.24) is 4.98 Å². The van der Waals surface area contributed by atoms with Crippen LogP contribution in [0.15, 0.2) is 33.6 Å². The van der Waals surface area contributed by atoms with Crippen molar-refractivity contribution in [3.05, 3.63) is 47.3 Å². The van der Waals surface area contributed by atoms with E-state index in [1.54, 1.807) is 0 Å². The van der Waals surface area contributed by atoms with Crippen LogP contribution in [0.2, 0.25) is 0 Å². The van der Waals surface area contributed by atoms with Crippen LogP contribution in [0, 0.1) is 24.4 Å². The summed E-state index contributed by atoms with van der Waals surface area (Å²) in [5.41, 5.74) is -1.62. The summed E-state index contributed by atoms with van der Waals surface area (Å²) < 4.78 is 71.3. The van der Waals surface area contributed by atoms with Crippen LogP contribution in [0.3, 0.4) is 0 Å². The first-order chi connectivity index (χ1) is 11.3. The minimum Gasteiger partial charge on any atom is -0.433 e. The molecule has 0 aliphatic carbocycles. The zero-order valence-electron chi connectivity index (χ0n) is 12.7. The number of oxazole rings is 1. The van der Waals surface area contributed by atoms with Gasteiger partial charge in [0.1, 0.15) is 5.52 Å². The zero-order chi connectivity index (χ0) is 17.6. The third-order valence-electron chi connectivity index (χ3n) is 3.72. The van der Waals surface area contributed by atoms with E-state index in [0.717, 1.165) is 6.92 Å². The number of aromatic nitrogens is 1. The van der Waals surface area contributed by atoms with Crippen LogP contribution in [0.4, 0.5) is 13.2 Å². The van der Waals surface area contributed by atoms with Gasteiger partial charge in [0, 0.05) is 5.56 Å². The molecule has 0 saturated carbocycles. The summed E-state index contributed by atoms with van der Waals surface area (Å²) >= 11 is 0. The fraction of sp³-hybridized carbons (Fsp3) is 0.188. The van der Waals surface area contributed by atoms with Gasteiger partial charge in [-0.15, -0.1) is 0 Å². The fourth-order valence-electron chi connectivity index (χ4n) is 2.34. The van der Waals surface area contributed by atoms with Gasteiger partial charge in [-0.2, -0.15) is 4.39 Å². The average molecular weight is 355 g/mol. The van der Waals surface area contributed by atoms with Crippen molar-refractivity contribution in [1.29, 1.82) is 0 Å². The molecule has 0 atom stereocenters. The SMILES string of the molecule is CCS(=O)(=O)c1ccccc1-c1nc2c(F)c(C)c(F)c(F)c2o1. The molecule has 0 radical (unpaired) electrons. The number of halogens is 3. The monoisotopic (exact) mass is 355 g/mol. The molecule has 1 aromatic heterocycles. The maximum absolute atomic E-state index is 14.1. The molecule has 0 aliphatic rings. The van der Waals surface area contributed by atoms with Crippen molar-refractivity contribution in [3.8, 4) is 11.5 Å². The van der Waals surface area contributed by atoms with Gasteiger partial charge in [0.15, 0.2) is 27.1 Å². The van der Waals surface area contributed by atoms with Crippen molar-refractivity contribution in [2.24, 2.45) is 0 Å². The molecule has 0 bridgehead atoms. The smallest absolute Gasteiger partial charge is 0.228 e. The zero-order valence-corrected chi connectivity index (χ0v) is 13.5. The Morgan fingerprint density at radius 1 is 1.08 bits per heavy atom. The van der Waals surface area contributed by atoms with E-state index in [-0.39, 0.29) is 22.1 Å². The maximum Gasteiger partial charge on any atom is 0.228 e. The Bertz CT molecular complexity index is 1010. The van der Waals surface area contributed by atoms with E-state index in [4.69, 9.17) is 4.42 Å². The predicted molar refractivity (Wildman–Crippen MR) is 81.8 cm³/mol. The lowest BCUT2D eigenvalue weighted by atomic mass is 10.2. The number of sulfone groups is 1. The van der Waals surface area contributed by atoms with Crippen LogP contribution >= 0.6 is 0 Å². The van der Waals surface area contributed by atoms with E-state index in [2.05, 4.69) is 4.98 Å². The number of fused-ring (bicyclic) bond motifs is 1. The summed E-state index contributed by atoms with van der Waals surface area (Å²) in [5.74, 6) is -4.23. The second-order valence-electron chi connectivity index (χ2n) is 5.16. The normalized spacial score (nSPS) is 12.0. The Kier molecular flexibility index (Phi) is 3.87. The van der Waals surface area contributed by atoms with E-state index in [9.17, 15) is 21.6 Å². The molecular weight excluding hydrogens is 343 g/mol. The Hall–Kier alpha value is -2.35. The molecule has 0 fully saturated rings. The van der Waals surface area contributed by atoms with Gasteiger partial charge in [-0.25, -0.2) is 22.2 Å². The van der Waals surface area contributed by atoms with E-state index in [1.165, 1.54) is 31.2 Å². The Morgan fingerprint density at radius 3 is 2.42 bits per heavy atom. The summed E-state index contributed by atoms with van der Waals surface area (Å²) in [6.45, 7) is 2.55. The molecule has 0 N–H and O–H groups in total. The van der Waals surface area contributed by atoms with Crippen molar-refractivity contribution < 1.29 is 26.0 Å². The summed E-state index contributed by atoms with van der Waals surface area (Å²) in [6.07, 6.45) is 0. The molecular formula is C16H12F3NO3S. The molecule has 2 aromatic carbocycles. The molecule has 0 unspecified atom stereocenters. The molecule has 3 rings (SSSR count). The number of benzene rings is 2. The average Bonchev–Trinajstić information content (AvgIpc) is 3.03. The van der Waals surface area contributed by atoms with Gasteiger partial charge in [-0.3, -0.25) is 0 Å². The minimum absolute atomic E-state index is 0.0624. The van der Waals surface area contributed by atoms with Crippen LogP contribution in [0.5, 0.6) is 0 Å². The first-order valence-corrected chi connectivity index (χ1v) is 8.69. The Balaban J connectivity index is 2.34. The highest BCUT2D eigenvalue weighted by Crippen LogP contribution is 2.33. The quantitative estimate of drug-likeness (QED) is 0.666. The lowest BCUT2D eigenvalue weighted by Gasteiger charge is -2.05. The van der Waals surface area contributed by atoms with E-state index >= 15 is 0 Å². The lowest BCUT2D eigenvalue weighted by molar-refractivity contribution is 0.478. The van der Waals surface area contributed by atoms with Gasteiger partial charge in [-0.05, 0) is 19.1 Å². The van der Waals surface area contributed by atoms with Crippen molar-refractivity contribution in [3.63, 3.8) is 0 Å². The van der Waals surface area contributed by atoms with Crippen LogP contribution in [-0.4, -0.2) is 19.2 Å². The highest BCUT2D eigenvalue weighted by atomic mass is 32.2. The molecule has 8 heteroatoms. The largest absolute Gasteiger partial charge is 0.433 e. The molecule has 4 nitrogen and oxygen atoms in total.